The van der Waals surface area contributed by atoms with E-state index in [4.69, 9.17) is 16.7 Å². The summed E-state index contributed by atoms with van der Waals surface area (Å²) in [6.07, 6.45) is -2.55. The fraction of sp³-hybridized carbons (Fsp3) is 0.455. The molecule has 0 fully saturated rings. The van der Waals surface area contributed by atoms with Gasteiger partial charge >= 0.3 is 0 Å². The van der Waals surface area contributed by atoms with E-state index in [9.17, 15) is 8.78 Å². The molecule has 1 nitrogen and oxygen atoms in total. The number of aliphatic hydroxyl groups is 1. The van der Waals surface area contributed by atoms with Gasteiger partial charge in [-0.2, -0.15) is 0 Å². The Hall–Kier alpha value is -0.670. The standard InChI is InChI=1S/C11H13ClF2O/c1-11(2,6-15)9-5-7(12)3-4-8(9)10(13)14/h3-5,10,15H,6H2,1-2H3. The first-order valence-electron chi connectivity index (χ1n) is 4.57. The number of aliphatic hydroxyl groups excluding tert-OH is 1. The minimum Gasteiger partial charge on any atom is -0.395 e. The number of hydrogen-bond donors (Lipinski definition) is 1. The van der Waals surface area contributed by atoms with Crippen LogP contribution in [0.15, 0.2) is 18.2 Å². The van der Waals surface area contributed by atoms with Crippen LogP contribution >= 0.6 is 11.6 Å². The van der Waals surface area contributed by atoms with E-state index in [-0.39, 0.29) is 12.2 Å². The van der Waals surface area contributed by atoms with E-state index >= 15 is 0 Å². The van der Waals surface area contributed by atoms with Gasteiger partial charge in [0, 0.05) is 16.0 Å². The van der Waals surface area contributed by atoms with Gasteiger partial charge in [-0.15, -0.1) is 0 Å². The summed E-state index contributed by atoms with van der Waals surface area (Å²) in [4.78, 5) is 0. The van der Waals surface area contributed by atoms with Crippen LogP contribution in [0.2, 0.25) is 5.02 Å². The van der Waals surface area contributed by atoms with Gasteiger partial charge in [0.2, 0.25) is 0 Å². The van der Waals surface area contributed by atoms with E-state index in [1.165, 1.54) is 18.2 Å². The minimum atomic E-state index is -2.55. The molecule has 0 amide bonds. The number of rotatable bonds is 3. The first-order valence-corrected chi connectivity index (χ1v) is 4.95. The maximum Gasteiger partial charge on any atom is 0.264 e. The van der Waals surface area contributed by atoms with Crippen molar-refractivity contribution in [2.75, 3.05) is 6.61 Å². The Morgan fingerprint density at radius 3 is 2.47 bits per heavy atom. The van der Waals surface area contributed by atoms with Crippen molar-refractivity contribution in [1.29, 1.82) is 0 Å². The largest absolute Gasteiger partial charge is 0.395 e. The van der Waals surface area contributed by atoms with Crippen LogP contribution in [-0.4, -0.2) is 11.7 Å². The Bertz CT molecular complexity index is 350. The molecular weight excluding hydrogens is 222 g/mol. The van der Waals surface area contributed by atoms with E-state index in [0.717, 1.165) is 0 Å². The average molecular weight is 235 g/mol. The second-order valence-electron chi connectivity index (χ2n) is 4.07. The third-order valence-corrected chi connectivity index (χ3v) is 2.61. The molecule has 1 aromatic carbocycles. The van der Waals surface area contributed by atoms with Crippen LogP contribution in [0.25, 0.3) is 0 Å². The van der Waals surface area contributed by atoms with Gasteiger partial charge in [-0.05, 0) is 17.7 Å². The van der Waals surface area contributed by atoms with Gasteiger partial charge in [-0.25, -0.2) is 8.78 Å². The van der Waals surface area contributed by atoms with Crippen molar-refractivity contribution in [2.24, 2.45) is 0 Å². The molecule has 0 saturated heterocycles. The van der Waals surface area contributed by atoms with Gasteiger partial charge in [0.1, 0.15) is 0 Å². The third kappa shape index (κ3) is 2.67. The summed E-state index contributed by atoms with van der Waals surface area (Å²) in [5, 5.41) is 9.56. The molecule has 0 bridgehead atoms. The van der Waals surface area contributed by atoms with Crippen molar-refractivity contribution < 1.29 is 13.9 Å². The van der Waals surface area contributed by atoms with Crippen molar-refractivity contribution in [3.05, 3.63) is 34.3 Å². The lowest BCUT2D eigenvalue weighted by Crippen LogP contribution is -2.24. The van der Waals surface area contributed by atoms with Crippen molar-refractivity contribution in [1.82, 2.24) is 0 Å². The smallest absolute Gasteiger partial charge is 0.264 e. The van der Waals surface area contributed by atoms with E-state index in [1.54, 1.807) is 13.8 Å². The number of hydrogen-bond acceptors (Lipinski definition) is 1. The highest BCUT2D eigenvalue weighted by atomic mass is 35.5. The Labute approximate surface area is 92.7 Å². The summed E-state index contributed by atoms with van der Waals surface area (Å²) in [5.74, 6) is 0. The van der Waals surface area contributed by atoms with Gasteiger partial charge in [0.05, 0.1) is 6.61 Å². The Balaban J connectivity index is 3.30. The fourth-order valence-electron chi connectivity index (χ4n) is 1.39. The van der Waals surface area contributed by atoms with Crippen LogP contribution in [0.4, 0.5) is 8.78 Å². The van der Waals surface area contributed by atoms with Crippen LogP contribution in [-0.2, 0) is 5.41 Å². The zero-order chi connectivity index (χ0) is 11.6. The number of halogens is 3. The average Bonchev–Trinajstić information content (AvgIpc) is 2.17. The summed E-state index contributed by atoms with van der Waals surface area (Å²) >= 11 is 5.76. The molecule has 84 valence electrons. The number of benzene rings is 1. The molecule has 1 N–H and O–H groups in total. The molecule has 0 atom stereocenters. The topological polar surface area (TPSA) is 20.2 Å². The van der Waals surface area contributed by atoms with E-state index in [1.807, 2.05) is 0 Å². The van der Waals surface area contributed by atoms with Crippen molar-refractivity contribution in [2.45, 2.75) is 25.7 Å². The van der Waals surface area contributed by atoms with Crippen LogP contribution in [0.5, 0.6) is 0 Å². The molecule has 0 unspecified atom stereocenters. The van der Waals surface area contributed by atoms with E-state index in [2.05, 4.69) is 0 Å². The molecule has 0 radical (unpaired) electrons. The second-order valence-corrected chi connectivity index (χ2v) is 4.51. The molecule has 0 aliphatic carbocycles. The summed E-state index contributed by atoms with van der Waals surface area (Å²) in [7, 11) is 0. The Morgan fingerprint density at radius 2 is 2.00 bits per heavy atom. The maximum atomic E-state index is 12.7. The lowest BCUT2D eigenvalue weighted by Gasteiger charge is -2.25. The highest BCUT2D eigenvalue weighted by Crippen LogP contribution is 2.33. The van der Waals surface area contributed by atoms with Crippen molar-refractivity contribution in [3.63, 3.8) is 0 Å². The van der Waals surface area contributed by atoms with Gasteiger partial charge in [-0.1, -0.05) is 31.5 Å². The molecule has 0 spiro atoms. The lowest BCUT2D eigenvalue weighted by atomic mass is 9.82. The molecule has 15 heavy (non-hydrogen) atoms. The zero-order valence-corrected chi connectivity index (χ0v) is 9.35. The molecular formula is C11H13ClF2O. The fourth-order valence-corrected chi connectivity index (χ4v) is 1.56. The molecule has 0 aliphatic heterocycles. The van der Waals surface area contributed by atoms with Crippen LogP contribution < -0.4 is 0 Å². The molecule has 1 aromatic rings. The molecule has 4 heteroatoms. The molecule has 0 aliphatic rings. The predicted molar refractivity (Wildman–Crippen MR) is 56.5 cm³/mol. The van der Waals surface area contributed by atoms with Crippen molar-refractivity contribution in [3.8, 4) is 0 Å². The Morgan fingerprint density at radius 1 is 1.40 bits per heavy atom. The zero-order valence-electron chi connectivity index (χ0n) is 8.60. The van der Waals surface area contributed by atoms with Gasteiger partial charge in [0.15, 0.2) is 0 Å². The SMILES string of the molecule is CC(C)(CO)c1cc(Cl)ccc1C(F)F. The first kappa shape index (κ1) is 12.4. The first-order chi connectivity index (χ1) is 6.88. The summed E-state index contributed by atoms with van der Waals surface area (Å²) in [5.41, 5.74) is -0.387. The molecule has 1 rings (SSSR count). The third-order valence-electron chi connectivity index (χ3n) is 2.37. The van der Waals surface area contributed by atoms with Crippen molar-refractivity contribution >= 4 is 11.6 Å². The lowest BCUT2D eigenvalue weighted by molar-refractivity contribution is 0.145. The molecule has 0 heterocycles. The second kappa shape index (κ2) is 4.45. The van der Waals surface area contributed by atoms with Gasteiger partial charge in [-0.3, -0.25) is 0 Å². The summed E-state index contributed by atoms with van der Waals surface area (Å²) in [6, 6.07) is 4.22. The quantitative estimate of drug-likeness (QED) is 0.848. The van der Waals surface area contributed by atoms with Crippen LogP contribution in [0.3, 0.4) is 0 Å². The van der Waals surface area contributed by atoms with E-state index < -0.39 is 11.8 Å². The van der Waals surface area contributed by atoms with E-state index in [0.29, 0.717) is 10.6 Å². The Kier molecular flexibility index (Phi) is 3.68. The van der Waals surface area contributed by atoms with Gasteiger partial charge in [0.25, 0.3) is 6.43 Å². The summed E-state index contributed by atoms with van der Waals surface area (Å²) in [6.45, 7) is 3.20. The normalized spacial score (nSPS) is 12.2. The monoisotopic (exact) mass is 234 g/mol. The minimum absolute atomic E-state index is 0.0709. The highest BCUT2D eigenvalue weighted by Gasteiger charge is 2.26. The predicted octanol–water partition coefficient (Wildman–Crippen LogP) is 3.55. The van der Waals surface area contributed by atoms with Gasteiger partial charge < -0.3 is 5.11 Å². The number of alkyl halides is 2. The van der Waals surface area contributed by atoms with Crippen LogP contribution in [0.1, 0.15) is 31.4 Å². The summed E-state index contributed by atoms with van der Waals surface area (Å²) < 4.78 is 25.4. The molecule has 0 saturated carbocycles. The molecule has 0 aromatic heterocycles. The van der Waals surface area contributed by atoms with Crippen LogP contribution in [0, 0.1) is 0 Å². The highest BCUT2D eigenvalue weighted by molar-refractivity contribution is 6.30. The maximum absolute atomic E-state index is 12.7.